The summed E-state index contributed by atoms with van der Waals surface area (Å²) in [6.07, 6.45) is 0. The van der Waals surface area contributed by atoms with Gasteiger partial charge in [-0.05, 0) is 27.8 Å². The van der Waals surface area contributed by atoms with Crippen LogP contribution in [0.4, 0.5) is 0 Å². The molecule has 1 atom stereocenters. The van der Waals surface area contributed by atoms with Crippen LogP contribution in [0.3, 0.4) is 0 Å². The summed E-state index contributed by atoms with van der Waals surface area (Å²) >= 11 is 0. The van der Waals surface area contributed by atoms with Crippen molar-refractivity contribution < 1.29 is 0 Å². The van der Waals surface area contributed by atoms with Crippen molar-refractivity contribution in [3.05, 3.63) is 0 Å². The number of nitrogens with one attached hydrogen (secondary N) is 1. The van der Waals surface area contributed by atoms with Crippen molar-refractivity contribution in [3.63, 3.8) is 0 Å². The van der Waals surface area contributed by atoms with Crippen LogP contribution >= 0.6 is 0 Å². The maximum Gasteiger partial charge on any atom is 0.0270 e. The summed E-state index contributed by atoms with van der Waals surface area (Å²) in [7, 11) is 1.92. The molecule has 0 amide bonds. The zero-order chi connectivity index (χ0) is 6.78. The van der Waals surface area contributed by atoms with Gasteiger partial charge >= 0.3 is 0 Å². The van der Waals surface area contributed by atoms with E-state index < -0.39 is 0 Å². The molecule has 8 heavy (non-hydrogen) atoms. The first-order valence-electron chi connectivity index (χ1n) is 2.95. The fourth-order valence-corrected chi connectivity index (χ4v) is 0.228. The second-order valence-corrected chi connectivity index (χ2v) is 2.76. The monoisotopic (exact) mass is 116 g/mol. The minimum Gasteiger partial charge on any atom is -0.326 e. The number of hydrogen-bond acceptors (Lipinski definition) is 2. The molecule has 0 fully saturated rings. The molecule has 0 aliphatic heterocycles. The summed E-state index contributed by atoms with van der Waals surface area (Å²) in [6, 6.07) is 0.201. The third kappa shape index (κ3) is 1.80. The summed E-state index contributed by atoms with van der Waals surface area (Å²) in [5, 5.41) is 3.12. The van der Waals surface area contributed by atoms with Gasteiger partial charge in [0.2, 0.25) is 0 Å². The highest BCUT2D eigenvalue weighted by molar-refractivity contribution is 4.83. The van der Waals surface area contributed by atoms with E-state index in [9.17, 15) is 0 Å². The third-order valence-electron chi connectivity index (χ3n) is 1.78. The number of hydrogen-bond donors (Lipinski definition) is 2. The first-order chi connectivity index (χ1) is 3.50. The van der Waals surface area contributed by atoms with Crippen LogP contribution in [0.2, 0.25) is 0 Å². The molecule has 0 bridgehead atoms. The third-order valence-corrected chi connectivity index (χ3v) is 1.78. The van der Waals surface area contributed by atoms with Gasteiger partial charge in [-0.1, -0.05) is 0 Å². The van der Waals surface area contributed by atoms with Crippen LogP contribution in [0, 0.1) is 0 Å². The van der Waals surface area contributed by atoms with Crippen molar-refractivity contribution in [1.82, 2.24) is 5.32 Å². The van der Waals surface area contributed by atoms with Crippen molar-refractivity contribution in [2.45, 2.75) is 32.4 Å². The Kier molecular flexibility index (Phi) is 2.44. The molecule has 0 aliphatic carbocycles. The van der Waals surface area contributed by atoms with Crippen LogP contribution in [0.1, 0.15) is 20.8 Å². The SMILES string of the molecule is CNC(C)(C)[C@H](C)N. The van der Waals surface area contributed by atoms with Crippen molar-refractivity contribution >= 4 is 0 Å². The van der Waals surface area contributed by atoms with E-state index in [1.54, 1.807) is 0 Å². The molecule has 0 aliphatic rings. The molecular weight excluding hydrogens is 100 g/mol. The second kappa shape index (κ2) is 2.46. The molecule has 0 aromatic carbocycles. The van der Waals surface area contributed by atoms with E-state index in [1.807, 2.05) is 14.0 Å². The predicted octanol–water partition coefficient (Wildman–Crippen LogP) is 0.332. The molecule has 0 heterocycles. The van der Waals surface area contributed by atoms with Gasteiger partial charge in [-0.25, -0.2) is 0 Å². The van der Waals surface area contributed by atoms with E-state index in [4.69, 9.17) is 5.73 Å². The maximum atomic E-state index is 5.62. The summed E-state index contributed by atoms with van der Waals surface area (Å²) in [6.45, 7) is 6.16. The summed E-state index contributed by atoms with van der Waals surface area (Å²) < 4.78 is 0. The van der Waals surface area contributed by atoms with Gasteiger partial charge in [0.25, 0.3) is 0 Å². The zero-order valence-electron chi connectivity index (χ0n) is 6.15. The highest BCUT2D eigenvalue weighted by Gasteiger charge is 2.18. The molecule has 0 radical (unpaired) electrons. The summed E-state index contributed by atoms with van der Waals surface area (Å²) in [5.41, 5.74) is 5.69. The molecule has 0 spiro atoms. The van der Waals surface area contributed by atoms with Crippen molar-refractivity contribution in [2.75, 3.05) is 7.05 Å². The van der Waals surface area contributed by atoms with Crippen LogP contribution in [0.5, 0.6) is 0 Å². The number of likely N-dealkylation sites (N-methyl/N-ethyl adjacent to an activating group) is 1. The molecule has 0 saturated carbocycles. The zero-order valence-corrected chi connectivity index (χ0v) is 6.15. The van der Waals surface area contributed by atoms with Gasteiger partial charge < -0.3 is 11.1 Å². The minimum atomic E-state index is 0.0694. The van der Waals surface area contributed by atoms with Gasteiger partial charge in [0.1, 0.15) is 0 Å². The van der Waals surface area contributed by atoms with Crippen LogP contribution < -0.4 is 11.1 Å². The largest absolute Gasteiger partial charge is 0.326 e. The van der Waals surface area contributed by atoms with Crippen molar-refractivity contribution in [3.8, 4) is 0 Å². The molecule has 0 aromatic heterocycles. The van der Waals surface area contributed by atoms with E-state index in [0.29, 0.717) is 0 Å². The Morgan fingerprint density at radius 2 is 1.88 bits per heavy atom. The average Bonchev–Trinajstić information content (AvgIpc) is 1.67. The van der Waals surface area contributed by atoms with Crippen LogP contribution in [-0.4, -0.2) is 18.6 Å². The van der Waals surface area contributed by atoms with Crippen LogP contribution in [-0.2, 0) is 0 Å². The van der Waals surface area contributed by atoms with Gasteiger partial charge in [-0.15, -0.1) is 0 Å². The molecule has 0 saturated heterocycles. The highest BCUT2D eigenvalue weighted by atomic mass is 15.0. The Balaban J connectivity index is 3.71. The average molecular weight is 116 g/mol. The molecule has 0 rings (SSSR count). The predicted molar refractivity (Wildman–Crippen MR) is 36.8 cm³/mol. The topological polar surface area (TPSA) is 38.0 Å². The van der Waals surface area contributed by atoms with E-state index in [-0.39, 0.29) is 11.6 Å². The number of nitrogens with two attached hydrogens (primary N) is 1. The first-order valence-corrected chi connectivity index (χ1v) is 2.95. The lowest BCUT2D eigenvalue weighted by atomic mass is 9.98. The van der Waals surface area contributed by atoms with Gasteiger partial charge in [0, 0.05) is 11.6 Å². The normalized spacial score (nSPS) is 16.1. The number of rotatable bonds is 2. The standard InChI is InChI=1S/C6H16N2/c1-5(7)6(2,3)8-4/h5,8H,7H2,1-4H3/t5-/m0/s1. The van der Waals surface area contributed by atoms with E-state index in [2.05, 4.69) is 19.2 Å². The molecule has 3 N–H and O–H groups in total. The molecule has 2 heteroatoms. The van der Waals surface area contributed by atoms with Crippen LogP contribution in [0.15, 0.2) is 0 Å². The fraction of sp³-hybridized carbons (Fsp3) is 1.00. The van der Waals surface area contributed by atoms with Gasteiger partial charge in [0.05, 0.1) is 0 Å². The Labute approximate surface area is 51.5 Å². The highest BCUT2D eigenvalue weighted by Crippen LogP contribution is 2.03. The van der Waals surface area contributed by atoms with E-state index >= 15 is 0 Å². The molecule has 50 valence electrons. The lowest BCUT2D eigenvalue weighted by Gasteiger charge is -2.28. The fourth-order valence-electron chi connectivity index (χ4n) is 0.228. The lowest BCUT2D eigenvalue weighted by molar-refractivity contribution is 0.360. The van der Waals surface area contributed by atoms with Crippen molar-refractivity contribution in [1.29, 1.82) is 0 Å². The summed E-state index contributed by atoms with van der Waals surface area (Å²) in [4.78, 5) is 0. The molecule has 2 nitrogen and oxygen atoms in total. The summed E-state index contributed by atoms with van der Waals surface area (Å²) in [5.74, 6) is 0. The maximum absolute atomic E-state index is 5.62. The smallest absolute Gasteiger partial charge is 0.0270 e. The van der Waals surface area contributed by atoms with Crippen LogP contribution in [0.25, 0.3) is 0 Å². The first kappa shape index (κ1) is 7.92. The Morgan fingerprint density at radius 3 is 1.88 bits per heavy atom. The van der Waals surface area contributed by atoms with Crippen molar-refractivity contribution in [2.24, 2.45) is 5.73 Å². The van der Waals surface area contributed by atoms with Gasteiger partial charge in [0.15, 0.2) is 0 Å². The second-order valence-electron chi connectivity index (χ2n) is 2.76. The van der Waals surface area contributed by atoms with E-state index in [0.717, 1.165) is 0 Å². The quantitative estimate of drug-likeness (QED) is 0.545. The minimum absolute atomic E-state index is 0.0694. The Bertz CT molecular complexity index is 66.9. The van der Waals surface area contributed by atoms with Gasteiger partial charge in [-0.3, -0.25) is 0 Å². The lowest BCUT2D eigenvalue weighted by Crippen LogP contribution is -2.50. The Morgan fingerprint density at radius 1 is 1.50 bits per heavy atom. The Hall–Kier alpha value is -0.0800. The van der Waals surface area contributed by atoms with Gasteiger partial charge in [-0.2, -0.15) is 0 Å². The molecular formula is C6H16N2. The molecule has 0 unspecified atom stereocenters. The molecule has 0 aromatic rings. The van der Waals surface area contributed by atoms with E-state index in [1.165, 1.54) is 0 Å².